The molecule has 24 aromatic carbocycles. The fraction of sp³-hybridized carbons (Fsp3) is 0.0145. The van der Waals surface area contributed by atoms with Crippen LogP contribution >= 0.6 is 0 Å². The fourth-order valence-corrected chi connectivity index (χ4v) is 26.3. The molecular weight excluding hydrogens is 1780 g/mol. The Hall–Kier alpha value is -19.3. The summed E-state index contributed by atoms with van der Waals surface area (Å²) in [6.07, 6.45) is 0. The van der Waals surface area contributed by atoms with Gasteiger partial charge < -0.3 is 37.3 Å². The maximum absolute atomic E-state index is 7.56. The van der Waals surface area contributed by atoms with Gasteiger partial charge in [-0.2, -0.15) is 0 Å². The predicted octanol–water partition coefficient (Wildman–Crippen LogP) is 38.1. The van der Waals surface area contributed by atoms with Crippen LogP contribution in [0.3, 0.4) is 0 Å². The second-order valence-corrected chi connectivity index (χ2v) is 39.3. The summed E-state index contributed by atoms with van der Waals surface area (Å²) in [7, 11) is 0. The van der Waals surface area contributed by atoms with E-state index in [4.69, 9.17) is 17.7 Å². The monoisotopic (exact) mass is 1860 g/mol. The summed E-state index contributed by atoms with van der Waals surface area (Å²) in [5.74, 6) is 0. The Bertz CT molecular complexity index is 10300. The Balaban J connectivity index is 0.597. The first kappa shape index (κ1) is 80.5. The number of anilines is 12. The molecule has 8 heteroatoms. The van der Waals surface area contributed by atoms with Gasteiger partial charge in [0.1, 0.15) is 33.5 Å². The summed E-state index contributed by atoms with van der Waals surface area (Å²) in [6, 6.07) is 184. The highest BCUT2D eigenvalue weighted by Gasteiger charge is 2.56. The molecule has 0 saturated carbocycles. The van der Waals surface area contributed by atoms with Crippen LogP contribution in [0.25, 0.3) is 186 Å². The van der Waals surface area contributed by atoms with Gasteiger partial charge >= 0.3 is 0 Å². The Kier molecular flexibility index (Phi) is 16.9. The van der Waals surface area contributed by atoms with Crippen LogP contribution in [0, 0.1) is 0 Å². The summed E-state index contributed by atoms with van der Waals surface area (Å²) in [6.45, 7) is 0. The molecule has 0 radical (unpaired) electrons. The van der Waals surface area contributed by atoms with E-state index in [1.165, 1.54) is 83.5 Å². The highest BCUT2D eigenvalue weighted by Crippen LogP contribution is 2.70. The molecule has 8 nitrogen and oxygen atoms in total. The molecule has 32 rings (SSSR count). The van der Waals surface area contributed by atoms with E-state index in [0.29, 0.717) is 0 Å². The first-order valence-electron chi connectivity index (χ1n) is 50.2. The Morgan fingerprint density at radius 3 is 0.925 bits per heavy atom. The van der Waals surface area contributed by atoms with Crippen LogP contribution in [0.5, 0.6) is 0 Å². The van der Waals surface area contributed by atoms with Crippen molar-refractivity contribution < 1.29 is 17.7 Å². The lowest BCUT2D eigenvalue weighted by atomic mass is 9.70. The maximum atomic E-state index is 7.56. The zero-order valence-electron chi connectivity index (χ0n) is 78.8. The molecule has 4 aliphatic rings. The number of nitrogens with zero attached hydrogens (tertiary/aromatic N) is 4. The van der Waals surface area contributed by atoms with Crippen molar-refractivity contribution in [2.24, 2.45) is 0 Å². The minimum Gasteiger partial charge on any atom is -0.456 e. The summed E-state index contributed by atoms with van der Waals surface area (Å²) in [4.78, 5) is 9.75. The summed E-state index contributed by atoms with van der Waals surface area (Å²) in [5.41, 5.74) is 38.4. The topological polar surface area (TPSA) is 65.5 Å². The summed E-state index contributed by atoms with van der Waals surface area (Å²) >= 11 is 0. The molecule has 4 heterocycles. The van der Waals surface area contributed by atoms with E-state index < -0.39 is 10.8 Å². The molecule has 0 aliphatic heterocycles. The van der Waals surface area contributed by atoms with Crippen LogP contribution in [0.4, 0.5) is 68.2 Å². The van der Waals surface area contributed by atoms with E-state index in [1.807, 2.05) is 0 Å². The Morgan fingerprint density at radius 1 is 0.151 bits per heavy atom. The predicted molar refractivity (Wildman–Crippen MR) is 602 cm³/mol. The lowest BCUT2D eigenvalue weighted by Gasteiger charge is -2.33. The van der Waals surface area contributed by atoms with Crippen LogP contribution in [-0.4, -0.2) is 0 Å². The van der Waals surface area contributed by atoms with Gasteiger partial charge in [-0.1, -0.05) is 309 Å². The molecule has 0 saturated heterocycles. The molecular formula is C138H82N4O4. The second-order valence-electron chi connectivity index (χ2n) is 39.3. The number of para-hydroxylation sites is 10. The highest BCUT2D eigenvalue weighted by atomic mass is 16.3. The molecule has 4 aromatic heterocycles. The van der Waals surface area contributed by atoms with E-state index in [-0.39, 0.29) is 0 Å². The van der Waals surface area contributed by atoms with Gasteiger partial charge in [0.05, 0.1) is 33.6 Å². The first-order valence-corrected chi connectivity index (χ1v) is 50.2. The molecule has 28 aromatic rings. The van der Waals surface area contributed by atoms with Gasteiger partial charge in [0, 0.05) is 99.4 Å². The van der Waals surface area contributed by atoms with Gasteiger partial charge in [0.15, 0.2) is 11.2 Å². The van der Waals surface area contributed by atoms with Crippen molar-refractivity contribution in [1.29, 1.82) is 0 Å². The average molecular weight is 1860 g/mol. The minimum absolute atomic E-state index is 0.785. The normalized spacial score (nSPS) is 13.2. The number of hydrogen-bond acceptors (Lipinski definition) is 8. The van der Waals surface area contributed by atoms with E-state index in [9.17, 15) is 0 Å². The molecule has 146 heavy (non-hydrogen) atoms. The molecule has 2 spiro atoms. The molecule has 0 bridgehead atoms. The second kappa shape index (κ2) is 30.6. The van der Waals surface area contributed by atoms with E-state index >= 15 is 0 Å². The van der Waals surface area contributed by atoms with Gasteiger partial charge in [-0.3, -0.25) is 0 Å². The van der Waals surface area contributed by atoms with Gasteiger partial charge in [-0.15, -0.1) is 0 Å². The van der Waals surface area contributed by atoms with Crippen molar-refractivity contribution in [1.82, 2.24) is 0 Å². The number of fused-ring (bicyclic) bond motifs is 42. The highest BCUT2D eigenvalue weighted by molar-refractivity contribution is 6.32. The van der Waals surface area contributed by atoms with Crippen LogP contribution in [-0.2, 0) is 10.8 Å². The average Bonchev–Trinajstić information content (AvgIpc) is 1.49. The van der Waals surface area contributed by atoms with Crippen molar-refractivity contribution in [3.8, 4) is 55.6 Å². The zero-order chi connectivity index (χ0) is 95.3. The van der Waals surface area contributed by atoms with Gasteiger partial charge in [0.2, 0.25) is 0 Å². The zero-order valence-corrected chi connectivity index (χ0v) is 78.8. The largest absolute Gasteiger partial charge is 0.456 e. The number of furan rings is 4. The standard InChI is InChI=1S/C138H82N4O4/c1-7-37-87(38-8-1)139(88-39-9-2-10-40-88)118-81-116-127(104-72-73-126-133(131(104)118)103-57-26-32-63-123(103)143-126)108-79-106-86(76-114(108)137(116)110-58-27-19-50-95(110)96-51-20-28-59-111(96)137)78-121(136-130(106)102-56-25-34-65-125(102)146-136)142(92-47-17-6-18-48-92)94-49-35-36-84(74-94)83-66-68-93(69-67-83)140(89-41-11-3-12-42-89)119-82-117-128(105-71-70-100-99-54-23-31-62-122(99)144-134(100)132(105)119)109-80-107-85(75-115(109)138(117)112-60-29-21-52-97(112)98-53-22-30-61-113(98)138)77-120(135-129(107)101-55-24-33-64-124(101)145-135)141(90-43-13-4-14-44-90)91-45-15-5-16-46-91/h1-82H. The van der Waals surface area contributed by atoms with Crippen molar-refractivity contribution in [3.05, 3.63) is 542 Å². The van der Waals surface area contributed by atoms with Crippen LogP contribution in [0.15, 0.2) is 515 Å². The van der Waals surface area contributed by atoms with Gasteiger partial charge in [-0.25, -0.2) is 0 Å². The first-order chi connectivity index (χ1) is 72.4. The van der Waals surface area contributed by atoms with Crippen molar-refractivity contribution >= 4 is 199 Å². The fourth-order valence-electron chi connectivity index (χ4n) is 26.3. The lowest BCUT2D eigenvalue weighted by Crippen LogP contribution is -2.26. The molecule has 0 atom stereocenters. The van der Waals surface area contributed by atoms with Crippen molar-refractivity contribution in [2.45, 2.75) is 10.8 Å². The number of benzene rings is 24. The minimum atomic E-state index is -0.829. The summed E-state index contributed by atoms with van der Waals surface area (Å²) in [5, 5.41) is 17.2. The van der Waals surface area contributed by atoms with Gasteiger partial charge in [-0.05, 0) is 321 Å². The molecule has 4 aliphatic carbocycles. The lowest BCUT2D eigenvalue weighted by molar-refractivity contribution is 0.669. The van der Waals surface area contributed by atoms with Crippen molar-refractivity contribution in [3.63, 3.8) is 0 Å². The van der Waals surface area contributed by atoms with E-state index in [2.05, 4.69) is 517 Å². The maximum Gasteiger partial charge on any atom is 0.160 e. The molecule has 0 unspecified atom stereocenters. The quantitative estimate of drug-likeness (QED) is 0.113. The van der Waals surface area contributed by atoms with Crippen molar-refractivity contribution in [2.75, 3.05) is 19.6 Å². The SMILES string of the molecule is c1ccc(N(c2ccccc2)c2cc3cc4c(cc3c3c2oc2ccccc23)-c2c(cc(N(c3ccccc3)c3ccc(-c5cccc(N(c6ccccc6)c6cc7cc8c(cc7c7c6oc6ccccc67)-c6c(cc(N(c7ccccc7)c7ccccc7)c7c6ccc6oc9ccccc9c67)C86c7ccccc7-c7ccccc76)c5)cc3)c3c2ccc2c5ccccc5oc23)C42c3ccccc3-c3ccccc32)cc1. The third kappa shape index (κ3) is 11.1. The van der Waals surface area contributed by atoms with Gasteiger partial charge in [0.25, 0.3) is 0 Å². The third-order valence-electron chi connectivity index (χ3n) is 32.1. The Morgan fingerprint density at radius 2 is 0.479 bits per heavy atom. The van der Waals surface area contributed by atoms with Crippen LogP contribution in [0.2, 0.25) is 0 Å². The van der Waals surface area contributed by atoms with Crippen LogP contribution < -0.4 is 19.6 Å². The van der Waals surface area contributed by atoms with E-state index in [1.54, 1.807) is 0 Å². The summed E-state index contributed by atoms with van der Waals surface area (Å²) < 4.78 is 29.3. The molecule has 0 fully saturated rings. The number of hydrogen-bond donors (Lipinski definition) is 0. The Labute approximate surface area is 838 Å². The third-order valence-corrected chi connectivity index (χ3v) is 32.1. The van der Waals surface area contributed by atoms with Crippen LogP contribution in [0.1, 0.15) is 44.5 Å². The molecule has 678 valence electrons. The smallest absolute Gasteiger partial charge is 0.160 e. The van der Waals surface area contributed by atoms with E-state index in [0.717, 1.165) is 216 Å². The molecule has 0 amide bonds. The number of rotatable bonds is 13. The molecule has 0 N–H and O–H groups in total.